The minimum Gasteiger partial charge on any atom is -0.337 e. The molecule has 46 heavy (non-hydrogen) atoms. The summed E-state index contributed by atoms with van der Waals surface area (Å²) < 4.78 is 2.14. The highest BCUT2D eigenvalue weighted by molar-refractivity contribution is 5.89. The first-order valence-corrected chi connectivity index (χ1v) is 15.7. The lowest BCUT2D eigenvalue weighted by molar-refractivity contribution is 1.00. The maximum atomic E-state index is 4.47. The molecule has 0 aliphatic carbocycles. The monoisotopic (exact) mass is 594 g/mol. The molecule has 0 atom stereocenters. The van der Waals surface area contributed by atoms with Gasteiger partial charge in [-0.25, -0.2) is 0 Å². The van der Waals surface area contributed by atoms with Gasteiger partial charge < -0.3 is 9.47 Å². The largest absolute Gasteiger partial charge is 0.337 e. The Balaban J connectivity index is 1.09. The summed E-state index contributed by atoms with van der Waals surface area (Å²) in [5.41, 5.74) is 15.0. The van der Waals surface area contributed by atoms with Crippen LogP contribution in [0.1, 0.15) is 51.4 Å². The van der Waals surface area contributed by atoms with Gasteiger partial charge in [-0.2, -0.15) is 0 Å². The Morgan fingerprint density at radius 1 is 0.630 bits per heavy atom. The fourth-order valence-corrected chi connectivity index (χ4v) is 6.58. The Morgan fingerprint density at radius 2 is 1.22 bits per heavy atom. The van der Waals surface area contributed by atoms with Crippen LogP contribution in [0, 0.1) is 6.92 Å². The summed E-state index contributed by atoms with van der Waals surface area (Å²) in [5.74, 6) is 0. The summed E-state index contributed by atoms with van der Waals surface area (Å²) in [6, 6.07) is 39.2. The lowest BCUT2D eigenvalue weighted by atomic mass is 9.94. The normalized spacial score (nSPS) is 12.5. The van der Waals surface area contributed by atoms with E-state index in [1.807, 2.05) is 6.92 Å². The van der Waals surface area contributed by atoms with Crippen LogP contribution in [0.3, 0.4) is 0 Å². The molecule has 1 aromatic heterocycles. The van der Waals surface area contributed by atoms with E-state index in [0.29, 0.717) is 0 Å². The first-order valence-electron chi connectivity index (χ1n) is 15.7. The van der Waals surface area contributed by atoms with E-state index in [2.05, 4.69) is 158 Å². The lowest BCUT2D eigenvalue weighted by Gasteiger charge is -2.20. The SMILES string of the molecule is C=C(C)c1ccc2c(=C)n(-c3ccc(N4Cc5cc(C(=C)c6ccc(Cc7ccc(C)cc7)cc6)ccc5C4=C)cc3)c(=C)c2c1. The third kappa shape index (κ3) is 5.12. The Kier molecular flexibility index (Phi) is 7.22. The van der Waals surface area contributed by atoms with Crippen LogP contribution in [0.5, 0.6) is 0 Å². The number of benzene rings is 5. The molecular weight excluding hydrogens is 556 g/mol. The topological polar surface area (TPSA) is 8.17 Å². The van der Waals surface area contributed by atoms with E-state index in [1.54, 1.807) is 0 Å². The molecule has 1 aliphatic heterocycles. The minimum atomic E-state index is 0.766. The molecule has 1 aliphatic rings. The summed E-state index contributed by atoms with van der Waals surface area (Å²) in [4.78, 5) is 2.28. The van der Waals surface area contributed by atoms with Crippen LogP contribution in [0.4, 0.5) is 5.69 Å². The van der Waals surface area contributed by atoms with Crippen LogP contribution < -0.4 is 15.6 Å². The zero-order valence-corrected chi connectivity index (χ0v) is 26.7. The number of nitrogens with zero attached hydrogens (tertiary/aromatic N) is 2. The molecule has 0 saturated heterocycles. The highest BCUT2D eigenvalue weighted by atomic mass is 15.2. The quantitative estimate of drug-likeness (QED) is 0.179. The van der Waals surface area contributed by atoms with Crippen molar-refractivity contribution in [2.75, 3.05) is 4.90 Å². The van der Waals surface area contributed by atoms with Crippen molar-refractivity contribution in [3.05, 3.63) is 184 Å². The van der Waals surface area contributed by atoms with Gasteiger partial charge in [-0.05, 0) is 95.6 Å². The van der Waals surface area contributed by atoms with Crippen LogP contribution in [0.25, 0.3) is 46.5 Å². The minimum absolute atomic E-state index is 0.766. The molecule has 6 aromatic rings. The van der Waals surface area contributed by atoms with Crippen molar-refractivity contribution in [2.45, 2.75) is 26.8 Å². The molecule has 0 saturated carbocycles. The van der Waals surface area contributed by atoms with Crippen LogP contribution in [-0.4, -0.2) is 4.57 Å². The molecule has 0 fully saturated rings. The smallest absolute Gasteiger partial charge is 0.0488 e. The summed E-state index contributed by atoms with van der Waals surface area (Å²) in [5, 5.41) is 4.08. The van der Waals surface area contributed by atoms with Gasteiger partial charge >= 0.3 is 0 Å². The van der Waals surface area contributed by atoms with Gasteiger partial charge in [-0.15, -0.1) is 0 Å². The number of anilines is 1. The second-order valence-corrected chi connectivity index (χ2v) is 12.5. The Bertz CT molecular complexity index is 2280. The maximum absolute atomic E-state index is 4.47. The number of aryl methyl sites for hydroxylation is 1. The van der Waals surface area contributed by atoms with E-state index in [9.17, 15) is 0 Å². The Hall–Kier alpha value is -5.60. The molecule has 0 spiro atoms. The zero-order valence-electron chi connectivity index (χ0n) is 26.7. The Labute approximate surface area is 271 Å². The highest BCUT2D eigenvalue weighted by Crippen LogP contribution is 2.38. The zero-order chi connectivity index (χ0) is 32.1. The van der Waals surface area contributed by atoms with Crippen molar-refractivity contribution in [1.29, 1.82) is 0 Å². The summed E-state index contributed by atoms with van der Waals surface area (Å²) >= 11 is 0. The van der Waals surface area contributed by atoms with Crippen molar-refractivity contribution in [3.63, 3.8) is 0 Å². The molecule has 224 valence electrons. The van der Waals surface area contributed by atoms with Crippen LogP contribution >= 0.6 is 0 Å². The number of hydrogen-bond acceptors (Lipinski definition) is 1. The fraction of sp³-hybridized carbons (Fsp3) is 0.0909. The number of rotatable bonds is 7. The standard InChI is InChI=1S/C44H38N2/c1-28(2)37-16-23-43-32(6)46(33(7)44(43)26-37)41-20-18-40(19-21-41)45-27-39-25-38(17-22-42(39)31(45)5)30(4)36-14-12-35(13-15-36)24-34-10-8-29(3)9-11-34/h8-23,25-26H,1,4-7,24,27H2,2-3H3. The summed E-state index contributed by atoms with van der Waals surface area (Å²) in [7, 11) is 0. The molecule has 7 rings (SSSR count). The molecule has 0 unspecified atom stereocenters. The average Bonchev–Trinajstić information content (AvgIpc) is 3.53. The van der Waals surface area contributed by atoms with E-state index >= 15 is 0 Å². The molecule has 5 aromatic carbocycles. The van der Waals surface area contributed by atoms with Gasteiger partial charge in [0.1, 0.15) is 0 Å². The molecule has 2 heteroatoms. The molecule has 0 N–H and O–H groups in total. The van der Waals surface area contributed by atoms with Gasteiger partial charge in [0.15, 0.2) is 0 Å². The van der Waals surface area contributed by atoms with Gasteiger partial charge in [0.2, 0.25) is 0 Å². The number of allylic oxidation sites excluding steroid dienone is 1. The molecule has 2 heterocycles. The van der Waals surface area contributed by atoms with Crippen LogP contribution in [0.2, 0.25) is 0 Å². The van der Waals surface area contributed by atoms with Crippen molar-refractivity contribution >= 4 is 46.5 Å². The van der Waals surface area contributed by atoms with Gasteiger partial charge in [0.05, 0.1) is 0 Å². The van der Waals surface area contributed by atoms with E-state index in [0.717, 1.165) is 79.3 Å². The predicted molar refractivity (Wildman–Crippen MR) is 198 cm³/mol. The fourth-order valence-electron chi connectivity index (χ4n) is 6.58. The van der Waals surface area contributed by atoms with E-state index in [4.69, 9.17) is 0 Å². The molecular formula is C44H38N2. The molecule has 0 amide bonds. The van der Waals surface area contributed by atoms with E-state index in [1.165, 1.54) is 27.8 Å². The van der Waals surface area contributed by atoms with Crippen LogP contribution in [-0.2, 0) is 13.0 Å². The van der Waals surface area contributed by atoms with E-state index < -0.39 is 0 Å². The summed E-state index contributed by atoms with van der Waals surface area (Å²) in [6.45, 7) is 26.8. The van der Waals surface area contributed by atoms with Crippen molar-refractivity contribution in [3.8, 4) is 5.69 Å². The third-order valence-corrected chi connectivity index (χ3v) is 9.34. The predicted octanol–water partition coefficient (Wildman–Crippen LogP) is 9.44. The Morgan fingerprint density at radius 3 is 1.89 bits per heavy atom. The van der Waals surface area contributed by atoms with Gasteiger partial charge in [-0.1, -0.05) is 117 Å². The maximum Gasteiger partial charge on any atom is 0.0488 e. The second-order valence-electron chi connectivity index (χ2n) is 12.5. The van der Waals surface area contributed by atoms with Crippen LogP contribution in [0.15, 0.2) is 129 Å². The number of hydrogen-bond donors (Lipinski definition) is 0. The van der Waals surface area contributed by atoms with Crippen molar-refractivity contribution in [1.82, 2.24) is 4.57 Å². The molecule has 0 radical (unpaired) electrons. The van der Waals surface area contributed by atoms with E-state index in [-0.39, 0.29) is 0 Å². The molecule has 2 nitrogen and oxygen atoms in total. The van der Waals surface area contributed by atoms with Gasteiger partial charge in [0, 0.05) is 50.7 Å². The number of fused-ring (bicyclic) bond motifs is 2. The molecule has 0 bridgehead atoms. The third-order valence-electron chi connectivity index (χ3n) is 9.34. The lowest BCUT2D eigenvalue weighted by Crippen LogP contribution is -2.23. The second kappa shape index (κ2) is 11.4. The van der Waals surface area contributed by atoms with Crippen molar-refractivity contribution < 1.29 is 0 Å². The highest BCUT2D eigenvalue weighted by Gasteiger charge is 2.24. The number of aromatic nitrogens is 1. The average molecular weight is 595 g/mol. The van der Waals surface area contributed by atoms with Gasteiger partial charge in [0.25, 0.3) is 0 Å². The van der Waals surface area contributed by atoms with Crippen molar-refractivity contribution in [2.24, 2.45) is 0 Å². The first kappa shape index (κ1) is 29.1. The first-order chi connectivity index (χ1) is 22.2. The van der Waals surface area contributed by atoms with Gasteiger partial charge in [-0.3, -0.25) is 0 Å². The summed E-state index contributed by atoms with van der Waals surface area (Å²) in [6.07, 6.45) is 0.927.